The summed E-state index contributed by atoms with van der Waals surface area (Å²) >= 11 is 2.47. The molecule has 0 bridgehead atoms. The van der Waals surface area contributed by atoms with Gasteiger partial charge in [0, 0.05) is 29.8 Å². The molecule has 1 fully saturated rings. The number of ether oxygens (including phenoxy) is 2. The number of carbonyl (C=O) groups is 2. The molecule has 8 nitrogen and oxygen atoms in total. The van der Waals surface area contributed by atoms with E-state index in [0.29, 0.717) is 52.0 Å². The summed E-state index contributed by atoms with van der Waals surface area (Å²) < 4.78 is 10.5. The fraction of sp³-hybridized carbons (Fsp3) is 0.417. The molecule has 0 radical (unpaired) electrons. The van der Waals surface area contributed by atoms with Gasteiger partial charge in [-0.1, -0.05) is 11.8 Å². The van der Waals surface area contributed by atoms with Gasteiger partial charge in [0.05, 0.1) is 36.5 Å². The Morgan fingerprint density at radius 3 is 2.74 bits per heavy atom. The monoisotopic (exact) mass is 501 g/mol. The number of thioether (sulfide) groups is 1. The van der Waals surface area contributed by atoms with Crippen LogP contribution in [-0.4, -0.2) is 71.3 Å². The van der Waals surface area contributed by atoms with E-state index in [0.717, 1.165) is 22.2 Å². The normalized spacial score (nSPS) is 15.6. The average molecular weight is 502 g/mol. The van der Waals surface area contributed by atoms with Crippen LogP contribution in [0, 0.1) is 12.8 Å². The Morgan fingerprint density at radius 1 is 1.29 bits per heavy atom. The Labute approximate surface area is 206 Å². The first kappa shape index (κ1) is 24.6. The molecule has 10 heteroatoms. The van der Waals surface area contributed by atoms with Crippen molar-refractivity contribution in [3.63, 3.8) is 0 Å². The van der Waals surface area contributed by atoms with Crippen molar-refractivity contribution in [2.24, 2.45) is 5.92 Å². The van der Waals surface area contributed by atoms with Crippen LogP contribution in [0.1, 0.15) is 27.3 Å². The van der Waals surface area contributed by atoms with Crippen LogP contribution >= 0.6 is 23.1 Å². The second-order valence-electron chi connectivity index (χ2n) is 8.50. The van der Waals surface area contributed by atoms with Crippen molar-refractivity contribution in [3.05, 3.63) is 45.9 Å². The minimum absolute atomic E-state index is 0.100. The fourth-order valence-electron chi connectivity index (χ4n) is 3.72. The quantitative estimate of drug-likeness (QED) is 0.271. The van der Waals surface area contributed by atoms with Gasteiger partial charge in [-0.15, -0.1) is 11.3 Å². The molecule has 3 aromatic rings. The number of hydrogen-bond acceptors (Lipinski definition) is 9. The number of methoxy groups -OCH3 is 1. The maximum Gasteiger partial charge on any atom is 0.259 e. The van der Waals surface area contributed by atoms with Crippen LogP contribution in [0.5, 0.6) is 5.75 Å². The molecule has 1 aromatic carbocycles. The van der Waals surface area contributed by atoms with Crippen molar-refractivity contribution in [2.75, 3.05) is 39.7 Å². The molecule has 1 aliphatic heterocycles. The van der Waals surface area contributed by atoms with E-state index in [1.165, 1.54) is 23.6 Å². The number of Topliss-reactive ketones (excluding diaryl/α,β-unsaturated/α-hetero) is 1. The van der Waals surface area contributed by atoms with Gasteiger partial charge in [0.1, 0.15) is 16.6 Å². The van der Waals surface area contributed by atoms with Gasteiger partial charge in [0.25, 0.3) is 5.91 Å². The van der Waals surface area contributed by atoms with Crippen LogP contribution in [0.4, 0.5) is 0 Å². The molecule has 0 saturated carbocycles. The van der Waals surface area contributed by atoms with Crippen molar-refractivity contribution >= 4 is 45.7 Å². The number of ketones is 1. The molecule has 3 heterocycles. The summed E-state index contributed by atoms with van der Waals surface area (Å²) in [5.41, 5.74) is -0.916. The van der Waals surface area contributed by atoms with Crippen molar-refractivity contribution in [1.82, 2.24) is 14.9 Å². The third kappa shape index (κ3) is 5.10. The second-order valence-corrected chi connectivity index (χ2v) is 10.5. The lowest BCUT2D eigenvalue weighted by atomic mass is 10.0. The number of carbonyl (C=O) groups excluding carboxylic acids is 2. The van der Waals surface area contributed by atoms with E-state index in [4.69, 9.17) is 9.47 Å². The maximum atomic E-state index is 12.9. The van der Waals surface area contributed by atoms with E-state index >= 15 is 0 Å². The largest absolute Gasteiger partial charge is 0.497 e. The lowest BCUT2D eigenvalue weighted by Gasteiger charge is -2.33. The summed E-state index contributed by atoms with van der Waals surface area (Å²) in [5.74, 6) is 1.28. The van der Waals surface area contributed by atoms with Gasteiger partial charge in [-0.3, -0.25) is 9.59 Å². The SMILES string of the molecule is COc1ccc2nc(C)nc(SCC(=O)c3ccc([C@@](C)(O)C(=O)N(C)CC4COC4)s3)c2c1. The van der Waals surface area contributed by atoms with Gasteiger partial charge in [-0.25, -0.2) is 9.97 Å². The minimum atomic E-state index is -1.70. The Balaban J connectivity index is 1.46. The number of nitrogens with zero attached hydrogens (tertiary/aromatic N) is 3. The molecule has 34 heavy (non-hydrogen) atoms. The van der Waals surface area contributed by atoms with E-state index in [1.54, 1.807) is 26.3 Å². The molecule has 1 aliphatic rings. The van der Waals surface area contributed by atoms with Crippen molar-refractivity contribution in [2.45, 2.75) is 24.5 Å². The molecule has 180 valence electrons. The number of aliphatic hydroxyl groups is 1. The lowest BCUT2D eigenvalue weighted by molar-refractivity contribution is -0.151. The topological polar surface area (TPSA) is 102 Å². The summed E-state index contributed by atoms with van der Waals surface area (Å²) in [4.78, 5) is 37.2. The Kier molecular flexibility index (Phi) is 7.22. The Morgan fingerprint density at radius 2 is 2.06 bits per heavy atom. The first-order valence-electron chi connectivity index (χ1n) is 10.8. The number of aromatic nitrogens is 2. The fourth-order valence-corrected chi connectivity index (χ4v) is 5.73. The van der Waals surface area contributed by atoms with Gasteiger partial charge in [0.2, 0.25) is 0 Å². The highest BCUT2D eigenvalue weighted by Gasteiger charge is 2.38. The lowest BCUT2D eigenvalue weighted by Crippen LogP contribution is -2.47. The summed E-state index contributed by atoms with van der Waals surface area (Å²) in [6.07, 6.45) is 0. The van der Waals surface area contributed by atoms with Gasteiger partial charge in [-0.05, 0) is 44.2 Å². The van der Waals surface area contributed by atoms with E-state index in [2.05, 4.69) is 9.97 Å². The standard InChI is InChI=1S/C24H27N3O5S2/c1-14-25-18-6-5-16(31-4)9-17(18)22(26-14)33-13-19(28)20-7-8-21(34-20)24(2,30)23(29)27(3)10-15-11-32-12-15/h5-9,15,30H,10-13H2,1-4H3/t24-/m1/s1. The number of fused-ring (bicyclic) bond motifs is 1. The van der Waals surface area contributed by atoms with E-state index in [-0.39, 0.29) is 11.5 Å². The predicted octanol–water partition coefficient (Wildman–Crippen LogP) is 3.30. The summed E-state index contributed by atoms with van der Waals surface area (Å²) in [5, 5.41) is 12.5. The average Bonchev–Trinajstić information content (AvgIpc) is 3.30. The molecule has 1 amide bonds. The molecule has 0 unspecified atom stereocenters. The molecule has 0 spiro atoms. The second kappa shape index (κ2) is 9.99. The number of rotatable bonds is 9. The third-order valence-electron chi connectivity index (χ3n) is 5.68. The van der Waals surface area contributed by atoms with Crippen LogP contribution in [0.15, 0.2) is 35.4 Å². The van der Waals surface area contributed by atoms with Crippen LogP contribution in [0.25, 0.3) is 10.9 Å². The first-order valence-corrected chi connectivity index (χ1v) is 12.6. The van der Waals surface area contributed by atoms with Gasteiger partial charge in [0.15, 0.2) is 11.4 Å². The molecule has 2 aromatic heterocycles. The van der Waals surface area contributed by atoms with Gasteiger partial charge in [-0.2, -0.15) is 0 Å². The summed E-state index contributed by atoms with van der Waals surface area (Å²) in [6, 6.07) is 8.88. The van der Waals surface area contributed by atoms with E-state index in [1.807, 2.05) is 25.1 Å². The third-order valence-corrected chi connectivity index (χ3v) is 8.01. The highest BCUT2D eigenvalue weighted by atomic mass is 32.2. The molecular weight excluding hydrogens is 474 g/mol. The number of hydrogen-bond donors (Lipinski definition) is 1. The molecule has 1 N–H and O–H groups in total. The molecule has 0 aliphatic carbocycles. The van der Waals surface area contributed by atoms with Crippen molar-refractivity contribution < 1.29 is 24.2 Å². The Hall–Kier alpha value is -2.53. The highest BCUT2D eigenvalue weighted by Crippen LogP contribution is 2.33. The van der Waals surface area contributed by atoms with Gasteiger partial charge < -0.3 is 19.5 Å². The predicted molar refractivity (Wildman–Crippen MR) is 132 cm³/mol. The van der Waals surface area contributed by atoms with Crippen molar-refractivity contribution in [3.8, 4) is 5.75 Å². The van der Waals surface area contributed by atoms with Crippen LogP contribution < -0.4 is 4.74 Å². The number of thiophene rings is 1. The van der Waals surface area contributed by atoms with Crippen molar-refractivity contribution in [1.29, 1.82) is 0 Å². The van der Waals surface area contributed by atoms with Crippen LogP contribution in [0.2, 0.25) is 0 Å². The zero-order valence-electron chi connectivity index (χ0n) is 19.5. The van der Waals surface area contributed by atoms with E-state index < -0.39 is 11.5 Å². The maximum absolute atomic E-state index is 12.9. The Bertz CT molecular complexity index is 1220. The minimum Gasteiger partial charge on any atom is -0.497 e. The molecular formula is C24H27N3O5S2. The smallest absolute Gasteiger partial charge is 0.259 e. The zero-order chi connectivity index (χ0) is 24.5. The van der Waals surface area contributed by atoms with Crippen LogP contribution in [-0.2, 0) is 15.1 Å². The number of aryl methyl sites for hydroxylation is 1. The number of benzene rings is 1. The van der Waals surface area contributed by atoms with Crippen LogP contribution in [0.3, 0.4) is 0 Å². The molecule has 1 saturated heterocycles. The summed E-state index contributed by atoms with van der Waals surface area (Å²) in [6.45, 7) is 5.07. The van der Waals surface area contributed by atoms with E-state index in [9.17, 15) is 14.7 Å². The number of likely N-dealkylation sites (N-methyl/N-ethyl adjacent to an activating group) is 1. The number of amides is 1. The van der Waals surface area contributed by atoms with Gasteiger partial charge >= 0.3 is 0 Å². The summed E-state index contributed by atoms with van der Waals surface area (Å²) in [7, 11) is 3.27. The highest BCUT2D eigenvalue weighted by molar-refractivity contribution is 8.00. The zero-order valence-corrected chi connectivity index (χ0v) is 21.2. The molecule has 1 atom stereocenters. The molecule has 4 rings (SSSR count). The first-order chi connectivity index (χ1) is 16.2.